The average molecular weight is 182 g/mol. The molecule has 0 saturated heterocycles. The lowest BCUT2D eigenvalue weighted by atomic mass is 9.82. The van der Waals surface area contributed by atoms with Crippen molar-refractivity contribution in [3.05, 3.63) is 0 Å². The van der Waals surface area contributed by atoms with Crippen LogP contribution in [0, 0.1) is 11.8 Å². The summed E-state index contributed by atoms with van der Waals surface area (Å²) in [6, 6.07) is 0. The maximum Gasteiger partial charge on any atom is 0.132 e. The highest BCUT2D eigenvalue weighted by molar-refractivity contribution is 5.78. The zero-order valence-corrected chi connectivity index (χ0v) is 9.01. The van der Waals surface area contributed by atoms with Gasteiger partial charge in [-0.1, -0.05) is 26.7 Å². The number of carbonyl (C=O) groups excluding carboxylic acids is 1. The predicted molar refractivity (Wildman–Crippen MR) is 55.7 cm³/mol. The summed E-state index contributed by atoms with van der Waals surface area (Å²) in [5.41, 5.74) is 0. The first kappa shape index (κ1) is 10.7. The molecular weight excluding hydrogens is 160 g/mol. The van der Waals surface area contributed by atoms with Gasteiger partial charge < -0.3 is 0 Å². The molecule has 0 spiro atoms. The van der Waals surface area contributed by atoms with E-state index in [1.807, 2.05) is 0 Å². The van der Waals surface area contributed by atoms with Crippen molar-refractivity contribution in [2.24, 2.45) is 11.8 Å². The summed E-state index contributed by atoms with van der Waals surface area (Å²) >= 11 is 0. The van der Waals surface area contributed by atoms with Gasteiger partial charge in [0.05, 0.1) is 0 Å². The molecule has 1 fully saturated rings. The Morgan fingerprint density at radius 3 is 2.54 bits per heavy atom. The third-order valence-electron chi connectivity index (χ3n) is 3.18. The van der Waals surface area contributed by atoms with Crippen molar-refractivity contribution in [1.82, 2.24) is 0 Å². The van der Waals surface area contributed by atoms with E-state index in [4.69, 9.17) is 0 Å². The van der Waals surface area contributed by atoms with Gasteiger partial charge in [-0.15, -0.1) is 0 Å². The monoisotopic (exact) mass is 182 g/mol. The lowest BCUT2D eigenvalue weighted by Crippen LogP contribution is -2.16. The normalized spacial score (nSPS) is 21.8. The van der Waals surface area contributed by atoms with Crippen LogP contribution in [0.15, 0.2) is 0 Å². The highest BCUT2D eigenvalue weighted by Gasteiger charge is 2.19. The van der Waals surface area contributed by atoms with Crippen LogP contribution >= 0.6 is 0 Å². The maximum absolute atomic E-state index is 11.0. The zero-order chi connectivity index (χ0) is 9.68. The topological polar surface area (TPSA) is 17.1 Å². The second-order valence-corrected chi connectivity index (χ2v) is 4.61. The molecular formula is C12H22O. The molecule has 0 aromatic carbocycles. The lowest BCUT2D eigenvalue weighted by Gasteiger charge is -2.23. The Hall–Kier alpha value is -0.330. The third-order valence-corrected chi connectivity index (χ3v) is 3.18. The van der Waals surface area contributed by atoms with Gasteiger partial charge in [-0.25, -0.2) is 0 Å². The smallest absolute Gasteiger partial charge is 0.132 e. The van der Waals surface area contributed by atoms with Crippen LogP contribution in [0.25, 0.3) is 0 Å². The van der Waals surface area contributed by atoms with Gasteiger partial charge in [-0.2, -0.15) is 0 Å². The van der Waals surface area contributed by atoms with E-state index in [0.717, 1.165) is 37.5 Å². The van der Waals surface area contributed by atoms with Gasteiger partial charge in [0.15, 0.2) is 0 Å². The summed E-state index contributed by atoms with van der Waals surface area (Å²) < 4.78 is 0. The van der Waals surface area contributed by atoms with Crippen molar-refractivity contribution in [3.63, 3.8) is 0 Å². The molecule has 1 atom stereocenters. The van der Waals surface area contributed by atoms with Gasteiger partial charge in [0.2, 0.25) is 0 Å². The Morgan fingerprint density at radius 2 is 2.00 bits per heavy atom. The van der Waals surface area contributed by atoms with Crippen LogP contribution in [0.3, 0.4) is 0 Å². The number of Topliss-reactive ketones (excluding diaryl/α,β-unsaturated/α-hetero) is 1. The number of carbonyl (C=O) groups is 1. The van der Waals surface area contributed by atoms with E-state index in [-0.39, 0.29) is 0 Å². The Balaban J connectivity index is 2.18. The standard InChI is InChI=1S/C12H22O/c1-3-4-10(2)9-11-5-7-12(13)8-6-11/h10-11H,3-9H2,1-2H3. The van der Waals surface area contributed by atoms with Crippen molar-refractivity contribution in [1.29, 1.82) is 0 Å². The fourth-order valence-electron chi connectivity index (χ4n) is 2.41. The SMILES string of the molecule is CCCC(C)CC1CCC(=O)CC1. The molecule has 1 unspecified atom stereocenters. The van der Waals surface area contributed by atoms with Gasteiger partial charge in [-0.3, -0.25) is 4.79 Å². The molecule has 1 heteroatoms. The van der Waals surface area contributed by atoms with Crippen molar-refractivity contribution in [2.45, 2.75) is 58.8 Å². The minimum Gasteiger partial charge on any atom is -0.300 e. The van der Waals surface area contributed by atoms with Gasteiger partial charge >= 0.3 is 0 Å². The molecule has 13 heavy (non-hydrogen) atoms. The van der Waals surface area contributed by atoms with E-state index in [0.29, 0.717) is 5.78 Å². The molecule has 1 saturated carbocycles. The molecule has 0 N–H and O–H groups in total. The Labute approximate surface area is 81.9 Å². The van der Waals surface area contributed by atoms with E-state index >= 15 is 0 Å². The van der Waals surface area contributed by atoms with Gasteiger partial charge in [0.25, 0.3) is 0 Å². The second-order valence-electron chi connectivity index (χ2n) is 4.61. The van der Waals surface area contributed by atoms with Crippen molar-refractivity contribution >= 4 is 5.78 Å². The van der Waals surface area contributed by atoms with Crippen LogP contribution in [-0.2, 0) is 4.79 Å². The summed E-state index contributed by atoms with van der Waals surface area (Å²) in [6.45, 7) is 4.60. The molecule has 1 aliphatic rings. The van der Waals surface area contributed by atoms with Crippen LogP contribution in [0.2, 0.25) is 0 Å². The minimum absolute atomic E-state index is 0.486. The number of hydrogen-bond donors (Lipinski definition) is 0. The molecule has 0 heterocycles. The van der Waals surface area contributed by atoms with E-state index in [1.54, 1.807) is 0 Å². The molecule has 0 radical (unpaired) electrons. The summed E-state index contributed by atoms with van der Waals surface area (Å²) in [7, 11) is 0. The molecule has 1 rings (SSSR count). The molecule has 1 aliphatic carbocycles. The largest absolute Gasteiger partial charge is 0.300 e. The van der Waals surface area contributed by atoms with E-state index in [1.165, 1.54) is 19.3 Å². The molecule has 0 aromatic heterocycles. The molecule has 76 valence electrons. The first-order chi connectivity index (χ1) is 6.22. The van der Waals surface area contributed by atoms with Crippen LogP contribution in [0.4, 0.5) is 0 Å². The number of ketones is 1. The Morgan fingerprint density at radius 1 is 1.38 bits per heavy atom. The van der Waals surface area contributed by atoms with Crippen molar-refractivity contribution in [3.8, 4) is 0 Å². The average Bonchev–Trinajstić information content (AvgIpc) is 2.09. The predicted octanol–water partition coefficient (Wildman–Crippen LogP) is 3.57. The fourth-order valence-corrected chi connectivity index (χ4v) is 2.41. The molecule has 0 amide bonds. The van der Waals surface area contributed by atoms with E-state index < -0.39 is 0 Å². The molecule has 0 aliphatic heterocycles. The summed E-state index contributed by atoms with van der Waals surface area (Å²) in [5.74, 6) is 2.20. The maximum atomic E-state index is 11.0. The van der Waals surface area contributed by atoms with Crippen molar-refractivity contribution in [2.75, 3.05) is 0 Å². The molecule has 0 bridgehead atoms. The van der Waals surface area contributed by atoms with Crippen molar-refractivity contribution < 1.29 is 4.79 Å². The van der Waals surface area contributed by atoms with Crippen LogP contribution in [0.1, 0.15) is 58.8 Å². The van der Waals surface area contributed by atoms with Gasteiger partial charge in [0.1, 0.15) is 5.78 Å². The summed E-state index contributed by atoms with van der Waals surface area (Å²) in [6.07, 6.45) is 8.02. The van der Waals surface area contributed by atoms with Crippen LogP contribution in [-0.4, -0.2) is 5.78 Å². The Bertz CT molecular complexity index is 153. The Kier molecular flexibility index (Phi) is 4.47. The minimum atomic E-state index is 0.486. The summed E-state index contributed by atoms with van der Waals surface area (Å²) in [4.78, 5) is 11.0. The van der Waals surface area contributed by atoms with Gasteiger partial charge in [-0.05, 0) is 31.1 Å². The van der Waals surface area contributed by atoms with Gasteiger partial charge in [0, 0.05) is 12.8 Å². The zero-order valence-electron chi connectivity index (χ0n) is 9.01. The molecule has 0 aromatic rings. The quantitative estimate of drug-likeness (QED) is 0.649. The second kappa shape index (κ2) is 5.41. The number of rotatable bonds is 4. The first-order valence-corrected chi connectivity index (χ1v) is 5.74. The molecule has 1 nitrogen and oxygen atoms in total. The van der Waals surface area contributed by atoms with E-state index in [9.17, 15) is 4.79 Å². The fraction of sp³-hybridized carbons (Fsp3) is 0.917. The van der Waals surface area contributed by atoms with Crippen LogP contribution in [0.5, 0.6) is 0 Å². The number of hydrogen-bond acceptors (Lipinski definition) is 1. The lowest BCUT2D eigenvalue weighted by molar-refractivity contribution is -0.121. The highest BCUT2D eigenvalue weighted by atomic mass is 16.1. The first-order valence-electron chi connectivity index (χ1n) is 5.74. The third kappa shape index (κ3) is 3.93. The van der Waals surface area contributed by atoms with Crippen LogP contribution < -0.4 is 0 Å². The highest BCUT2D eigenvalue weighted by Crippen LogP contribution is 2.28. The van der Waals surface area contributed by atoms with E-state index in [2.05, 4.69) is 13.8 Å². The summed E-state index contributed by atoms with van der Waals surface area (Å²) in [5, 5.41) is 0.